The molecule has 110 valence electrons. The van der Waals surface area contributed by atoms with Gasteiger partial charge in [0.2, 0.25) is 0 Å². The Bertz CT molecular complexity index is 622. The molecule has 0 saturated heterocycles. The number of ether oxygens (including phenoxy) is 1. The summed E-state index contributed by atoms with van der Waals surface area (Å²) in [5.41, 5.74) is 3.82. The van der Waals surface area contributed by atoms with Crippen LogP contribution >= 0.6 is 0 Å². The first-order valence-corrected chi connectivity index (χ1v) is 7.39. The van der Waals surface area contributed by atoms with Crippen LogP contribution in [0.2, 0.25) is 0 Å². The van der Waals surface area contributed by atoms with Crippen LogP contribution in [0.5, 0.6) is 11.5 Å². The lowest BCUT2D eigenvalue weighted by Crippen LogP contribution is -2.22. The van der Waals surface area contributed by atoms with Crippen molar-refractivity contribution in [2.24, 2.45) is 0 Å². The van der Waals surface area contributed by atoms with Crippen molar-refractivity contribution in [1.29, 1.82) is 0 Å². The predicted octanol–water partition coefficient (Wildman–Crippen LogP) is 3.74. The van der Waals surface area contributed by atoms with Crippen LogP contribution in [-0.2, 0) is 6.42 Å². The number of rotatable bonds is 4. The van der Waals surface area contributed by atoms with Gasteiger partial charge >= 0.3 is 0 Å². The average molecular weight is 283 g/mol. The van der Waals surface area contributed by atoms with Gasteiger partial charge in [0.05, 0.1) is 7.11 Å². The zero-order valence-electron chi connectivity index (χ0n) is 12.5. The van der Waals surface area contributed by atoms with Crippen molar-refractivity contribution >= 4 is 0 Å². The molecule has 0 aromatic heterocycles. The van der Waals surface area contributed by atoms with Gasteiger partial charge in [-0.2, -0.15) is 0 Å². The molecule has 2 N–H and O–H groups in total. The first-order chi connectivity index (χ1) is 10.2. The van der Waals surface area contributed by atoms with Gasteiger partial charge in [-0.25, -0.2) is 0 Å². The lowest BCUT2D eigenvalue weighted by molar-refractivity contribution is 0.414. The quantitative estimate of drug-likeness (QED) is 0.898. The monoisotopic (exact) mass is 283 g/mol. The van der Waals surface area contributed by atoms with E-state index in [9.17, 15) is 5.11 Å². The Labute approximate surface area is 125 Å². The van der Waals surface area contributed by atoms with Crippen LogP contribution in [0.3, 0.4) is 0 Å². The predicted molar refractivity (Wildman–Crippen MR) is 83.7 cm³/mol. The molecule has 3 heteroatoms. The lowest BCUT2D eigenvalue weighted by Gasteiger charge is -2.21. The first-order valence-electron chi connectivity index (χ1n) is 7.39. The Morgan fingerprint density at radius 3 is 2.67 bits per heavy atom. The fourth-order valence-electron chi connectivity index (χ4n) is 3.07. The van der Waals surface area contributed by atoms with E-state index in [0.717, 1.165) is 18.6 Å². The number of aryl methyl sites for hydroxylation is 1. The zero-order chi connectivity index (χ0) is 14.8. The summed E-state index contributed by atoms with van der Waals surface area (Å²) < 4.78 is 5.20. The highest BCUT2D eigenvalue weighted by Gasteiger charge is 2.24. The fraction of sp³-hybridized carbons (Fsp3) is 0.333. The van der Waals surface area contributed by atoms with E-state index in [2.05, 4.69) is 24.4 Å². The third-order valence-electron chi connectivity index (χ3n) is 4.27. The lowest BCUT2D eigenvalue weighted by atomic mass is 10.0. The smallest absolute Gasteiger partial charge is 0.118 e. The second-order valence-electron chi connectivity index (χ2n) is 5.64. The van der Waals surface area contributed by atoms with Crippen LogP contribution in [0.25, 0.3) is 0 Å². The summed E-state index contributed by atoms with van der Waals surface area (Å²) >= 11 is 0. The largest absolute Gasteiger partial charge is 0.508 e. The SMILES string of the molecule is COc1ccc([C@@H](C)NC2CCc3cc(O)ccc32)cc1. The minimum atomic E-state index is 0.278. The second-order valence-corrected chi connectivity index (χ2v) is 5.64. The van der Waals surface area contributed by atoms with E-state index in [1.165, 1.54) is 16.7 Å². The van der Waals surface area contributed by atoms with Crippen LogP contribution in [-0.4, -0.2) is 12.2 Å². The maximum absolute atomic E-state index is 9.56. The number of fused-ring (bicyclic) bond motifs is 1. The van der Waals surface area contributed by atoms with Gasteiger partial charge in [-0.15, -0.1) is 0 Å². The Hall–Kier alpha value is -2.00. The average Bonchev–Trinajstić information content (AvgIpc) is 2.89. The highest BCUT2D eigenvalue weighted by Crippen LogP contribution is 2.35. The van der Waals surface area contributed by atoms with E-state index in [-0.39, 0.29) is 6.04 Å². The number of phenolic OH excluding ortho intramolecular Hbond substituents is 1. The maximum atomic E-state index is 9.56. The standard InChI is InChI=1S/C18H21NO2/c1-12(13-3-7-16(21-2)8-4-13)19-18-10-5-14-11-15(20)6-9-17(14)18/h3-4,6-9,11-12,18-20H,5,10H2,1-2H3/t12-,18?/m1/s1. The summed E-state index contributed by atoms with van der Waals surface area (Å²) in [5.74, 6) is 1.24. The summed E-state index contributed by atoms with van der Waals surface area (Å²) in [5, 5.41) is 13.2. The Kier molecular flexibility index (Phi) is 3.84. The molecule has 3 rings (SSSR count). The third-order valence-corrected chi connectivity index (χ3v) is 4.27. The Morgan fingerprint density at radius 2 is 1.95 bits per heavy atom. The molecule has 0 saturated carbocycles. The van der Waals surface area contributed by atoms with Crippen LogP contribution in [0.4, 0.5) is 0 Å². The van der Waals surface area contributed by atoms with E-state index < -0.39 is 0 Å². The molecule has 0 amide bonds. The van der Waals surface area contributed by atoms with Crippen LogP contribution in [0.1, 0.15) is 42.1 Å². The Morgan fingerprint density at radius 1 is 1.19 bits per heavy atom. The highest BCUT2D eigenvalue weighted by molar-refractivity contribution is 5.40. The van der Waals surface area contributed by atoms with Crippen molar-refractivity contribution in [3.05, 3.63) is 59.2 Å². The molecule has 2 aromatic carbocycles. The summed E-state index contributed by atoms with van der Waals surface area (Å²) in [6.45, 7) is 2.18. The van der Waals surface area contributed by atoms with Gasteiger partial charge in [-0.3, -0.25) is 0 Å². The van der Waals surface area contributed by atoms with Crippen molar-refractivity contribution in [1.82, 2.24) is 5.32 Å². The van der Waals surface area contributed by atoms with E-state index >= 15 is 0 Å². The first kappa shape index (κ1) is 14.0. The summed E-state index contributed by atoms with van der Waals surface area (Å²) in [7, 11) is 1.68. The molecule has 2 atom stereocenters. The van der Waals surface area contributed by atoms with Crippen LogP contribution in [0.15, 0.2) is 42.5 Å². The minimum Gasteiger partial charge on any atom is -0.508 e. The molecule has 0 radical (unpaired) electrons. The second kappa shape index (κ2) is 5.78. The number of methoxy groups -OCH3 is 1. The van der Waals surface area contributed by atoms with E-state index in [0.29, 0.717) is 11.8 Å². The fourth-order valence-corrected chi connectivity index (χ4v) is 3.07. The van der Waals surface area contributed by atoms with Gasteiger partial charge in [-0.1, -0.05) is 18.2 Å². The molecule has 0 heterocycles. The molecular weight excluding hydrogens is 262 g/mol. The van der Waals surface area contributed by atoms with Crippen LogP contribution in [0, 0.1) is 0 Å². The molecule has 0 fully saturated rings. The van der Waals surface area contributed by atoms with Crippen LogP contribution < -0.4 is 10.1 Å². The molecular formula is C18H21NO2. The number of aromatic hydroxyl groups is 1. The summed E-state index contributed by atoms with van der Waals surface area (Å²) in [4.78, 5) is 0. The summed E-state index contributed by atoms with van der Waals surface area (Å²) in [6, 6.07) is 14.5. The van der Waals surface area contributed by atoms with E-state index in [1.54, 1.807) is 13.2 Å². The molecule has 0 spiro atoms. The van der Waals surface area contributed by atoms with Crippen molar-refractivity contribution in [2.75, 3.05) is 7.11 Å². The topological polar surface area (TPSA) is 41.5 Å². The van der Waals surface area contributed by atoms with Gasteiger partial charge in [0, 0.05) is 12.1 Å². The number of hydrogen-bond donors (Lipinski definition) is 2. The molecule has 1 aliphatic rings. The van der Waals surface area contributed by atoms with Gasteiger partial charge < -0.3 is 15.2 Å². The number of phenols is 1. The van der Waals surface area contributed by atoms with Gasteiger partial charge in [-0.05, 0) is 60.7 Å². The van der Waals surface area contributed by atoms with Gasteiger partial charge in [0.25, 0.3) is 0 Å². The molecule has 3 nitrogen and oxygen atoms in total. The molecule has 0 bridgehead atoms. The van der Waals surface area contributed by atoms with Gasteiger partial charge in [0.15, 0.2) is 0 Å². The van der Waals surface area contributed by atoms with E-state index in [4.69, 9.17) is 4.74 Å². The van der Waals surface area contributed by atoms with Crippen molar-refractivity contribution in [3.63, 3.8) is 0 Å². The van der Waals surface area contributed by atoms with Crippen molar-refractivity contribution < 1.29 is 9.84 Å². The zero-order valence-corrected chi connectivity index (χ0v) is 12.5. The number of nitrogens with one attached hydrogen (secondary N) is 1. The number of benzene rings is 2. The van der Waals surface area contributed by atoms with Gasteiger partial charge in [0.1, 0.15) is 11.5 Å². The molecule has 0 aliphatic heterocycles. The number of hydrogen-bond acceptors (Lipinski definition) is 3. The minimum absolute atomic E-state index is 0.278. The van der Waals surface area contributed by atoms with Crippen molar-refractivity contribution in [2.45, 2.75) is 31.8 Å². The molecule has 21 heavy (non-hydrogen) atoms. The Balaban J connectivity index is 1.72. The third kappa shape index (κ3) is 2.88. The highest BCUT2D eigenvalue weighted by atomic mass is 16.5. The van der Waals surface area contributed by atoms with E-state index in [1.807, 2.05) is 24.3 Å². The normalized spacial score (nSPS) is 18.3. The summed E-state index contributed by atoms with van der Waals surface area (Å²) in [6.07, 6.45) is 2.11. The molecule has 2 aromatic rings. The van der Waals surface area contributed by atoms with Crippen molar-refractivity contribution in [3.8, 4) is 11.5 Å². The maximum Gasteiger partial charge on any atom is 0.118 e. The molecule has 1 unspecified atom stereocenters. The molecule has 1 aliphatic carbocycles.